The van der Waals surface area contributed by atoms with Crippen LogP contribution < -0.4 is 0 Å². The van der Waals surface area contributed by atoms with Gasteiger partial charge in [-0.3, -0.25) is 0 Å². The molecule has 19 heavy (non-hydrogen) atoms. The molecular weight excluding hydrogens is 228 g/mol. The molecule has 0 aliphatic heterocycles. The molecule has 1 aromatic carbocycles. The van der Waals surface area contributed by atoms with Crippen molar-refractivity contribution >= 4 is 0 Å². The Morgan fingerprint density at radius 3 is 1.58 bits per heavy atom. The zero-order valence-electron chi connectivity index (χ0n) is 13.7. The van der Waals surface area contributed by atoms with E-state index >= 15 is 0 Å². The lowest BCUT2D eigenvalue weighted by Crippen LogP contribution is -2.16. The zero-order chi connectivity index (χ0) is 14.2. The van der Waals surface area contributed by atoms with Crippen LogP contribution in [0.2, 0.25) is 0 Å². The summed E-state index contributed by atoms with van der Waals surface area (Å²) in [4.78, 5) is 0. The summed E-state index contributed by atoms with van der Waals surface area (Å²) < 4.78 is 0. The number of hydrogen-bond donors (Lipinski definition) is 0. The minimum Gasteiger partial charge on any atom is -0.0625 e. The van der Waals surface area contributed by atoms with Crippen molar-refractivity contribution in [1.29, 1.82) is 0 Å². The second-order valence-corrected chi connectivity index (χ2v) is 6.93. The van der Waals surface area contributed by atoms with Gasteiger partial charge < -0.3 is 0 Å². The number of hydrogen-bond acceptors (Lipinski definition) is 0. The van der Waals surface area contributed by atoms with Crippen molar-refractivity contribution in [2.45, 2.75) is 73.6 Å². The molecule has 106 valence electrons. The summed E-state index contributed by atoms with van der Waals surface area (Å²) in [6.45, 7) is 13.9. The van der Waals surface area contributed by atoms with Gasteiger partial charge in [0, 0.05) is 0 Å². The highest BCUT2D eigenvalue weighted by atomic mass is 14.3. The molecule has 0 heteroatoms. The van der Waals surface area contributed by atoms with E-state index in [-0.39, 0.29) is 0 Å². The van der Waals surface area contributed by atoms with Gasteiger partial charge in [-0.15, -0.1) is 0 Å². The van der Waals surface area contributed by atoms with Crippen LogP contribution in [-0.4, -0.2) is 0 Å². The van der Waals surface area contributed by atoms with E-state index in [1.54, 1.807) is 16.7 Å². The molecule has 2 rings (SSSR count). The molecule has 0 nitrogen and oxygen atoms in total. The molecule has 1 fully saturated rings. The van der Waals surface area contributed by atoms with E-state index in [2.05, 4.69) is 41.5 Å². The van der Waals surface area contributed by atoms with Gasteiger partial charge in [0.05, 0.1) is 0 Å². The second kappa shape index (κ2) is 5.69. The lowest BCUT2D eigenvalue weighted by Gasteiger charge is -2.28. The van der Waals surface area contributed by atoms with E-state index in [1.807, 2.05) is 0 Å². The highest BCUT2D eigenvalue weighted by molar-refractivity contribution is 5.49. The minimum atomic E-state index is 0.926. The van der Waals surface area contributed by atoms with Crippen LogP contribution in [0.5, 0.6) is 0 Å². The van der Waals surface area contributed by atoms with Crippen LogP contribution in [0.1, 0.15) is 66.0 Å². The molecule has 1 saturated carbocycles. The van der Waals surface area contributed by atoms with Crippen LogP contribution in [0.3, 0.4) is 0 Å². The van der Waals surface area contributed by atoms with Crippen molar-refractivity contribution in [1.82, 2.24) is 0 Å². The molecule has 0 amide bonds. The monoisotopic (exact) mass is 258 g/mol. The van der Waals surface area contributed by atoms with Crippen molar-refractivity contribution in [2.24, 2.45) is 11.8 Å². The average molecular weight is 258 g/mol. The standard InChI is InChI=1S/C19H30/c1-12-7-9-18(10-8-12)11-19-16(5)14(3)13(2)15(4)17(19)6/h12,18H,7-11H2,1-6H3. The maximum absolute atomic E-state index is 2.41. The molecule has 0 N–H and O–H groups in total. The fraction of sp³-hybridized carbons (Fsp3) is 0.684. The summed E-state index contributed by atoms with van der Waals surface area (Å²) in [6.07, 6.45) is 7.06. The lowest BCUT2D eigenvalue weighted by molar-refractivity contribution is 0.288. The van der Waals surface area contributed by atoms with E-state index in [4.69, 9.17) is 0 Å². The number of benzene rings is 1. The zero-order valence-corrected chi connectivity index (χ0v) is 13.7. The third kappa shape index (κ3) is 2.88. The molecule has 0 unspecified atom stereocenters. The lowest BCUT2D eigenvalue weighted by atomic mass is 9.77. The van der Waals surface area contributed by atoms with Crippen molar-refractivity contribution < 1.29 is 0 Å². The minimum absolute atomic E-state index is 0.926. The van der Waals surface area contributed by atoms with Gasteiger partial charge in [-0.2, -0.15) is 0 Å². The van der Waals surface area contributed by atoms with Crippen molar-refractivity contribution in [3.8, 4) is 0 Å². The topological polar surface area (TPSA) is 0 Å². The van der Waals surface area contributed by atoms with Crippen molar-refractivity contribution in [3.05, 3.63) is 33.4 Å². The first-order valence-electron chi connectivity index (χ1n) is 7.97. The first-order valence-corrected chi connectivity index (χ1v) is 7.97. The average Bonchev–Trinajstić information content (AvgIpc) is 2.41. The molecule has 0 aromatic heterocycles. The van der Waals surface area contributed by atoms with Crippen LogP contribution in [0, 0.1) is 46.5 Å². The van der Waals surface area contributed by atoms with Crippen molar-refractivity contribution in [2.75, 3.05) is 0 Å². The predicted molar refractivity (Wildman–Crippen MR) is 85.0 cm³/mol. The Bertz CT molecular complexity index is 430. The Morgan fingerprint density at radius 2 is 1.11 bits per heavy atom. The van der Waals surface area contributed by atoms with Crippen LogP contribution in [0.25, 0.3) is 0 Å². The van der Waals surface area contributed by atoms with Gasteiger partial charge in [0.2, 0.25) is 0 Å². The van der Waals surface area contributed by atoms with Crippen LogP contribution >= 0.6 is 0 Å². The first-order chi connectivity index (χ1) is 8.91. The normalized spacial score (nSPS) is 23.7. The summed E-state index contributed by atoms with van der Waals surface area (Å²) in [5, 5.41) is 0. The summed E-state index contributed by atoms with van der Waals surface area (Å²) in [5.41, 5.74) is 9.29. The Balaban J connectivity index is 2.25. The van der Waals surface area contributed by atoms with Gasteiger partial charge in [0.25, 0.3) is 0 Å². The molecule has 0 radical (unpaired) electrons. The molecular formula is C19H30. The second-order valence-electron chi connectivity index (χ2n) is 6.93. The maximum atomic E-state index is 2.41. The predicted octanol–water partition coefficient (Wildman–Crippen LogP) is 5.60. The van der Waals surface area contributed by atoms with Crippen LogP contribution in [-0.2, 0) is 6.42 Å². The third-order valence-corrected chi connectivity index (χ3v) is 5.78. The van der Waals surface area contributed by atoms with Gasteiger partial charge in [-0.25, -0.2) is 0 Å². The quantitative estimate of drug-likeness (QED) is 0.648. The van der Waals surface area contributed by atoms with E-state index in [9.17, 15) is 0 Å². The van der Waals surface area contributed by atoms with Gasteiger partial charge >= 0.3 is 0 Å². The third-order valence-electron chi connectivity index (χ3n) is 5.78. The molecule has 1 aromatic rings. The Morgan fingerprint density at radius 1 is 0.684 bits per heavy atom. The van der Waals surface area contributed by atoms with E-state index < -0.39 is 0 Å². The van der Waals surface area contributed by atoms with E-state index in [0.29, 0.717) is 0 Å². The van der Waals surface area contributed by atoms with Gasteiger partial charge in [-0.1, -0.05) is 19.8 Å². The first kappa shape index (κ1) is 14.6. The van der Waals surface area contributed by atoms with Crippen LogP contribution in [0.15, 0.2) is 0 Å². The highest BCUT2D eigenvalue weighted by Crippen LogP contribution is 2.34. The molecule has 0 bridgehead atoms. The number of rotatable bonds is 2. The summed E-state index contributed by atoms with van der Waals surface area (Å²) in [6, 6.07) is 0. The van der Waals surface area contributed by atoms with Gasteiger partial charge in [-0.05, 0) is 99.1 Å². The summed E-state index contributed by atoms with van der Waals surface area (Å²) >= 11 is 0. The van der Waals surface area contributed by atoms with E-state index in [0.717, 1.165) is 11.8 Å². The summed E-state index contributed by atoms with van der Waals surface area (Å²) in [7, 11) is 0. The molecule has 1 aliphatic rings. The fourth-order valence-electron chi connectivity index (χ4n) is 3.71. The molecule has 0 heterocycles. The Hall–Kier alpha value is -0.780. The molecule has 1 aliphatic carbocycles. The Kier molecular flexibility index (Phi) is 4.38. The highest BCUT2D eigenvalue weighted by Gasteiger charge is 2.21. The van der Waals surface area contributed by atoms with Gasteiger partial charge in [0.1, 0.15) is 0 Å². The molecule has 0 spiro atoms. The largest absolute Gasteiger partial charge is 0.0625 e. The SMILES string of the molecule is Cc1c(C)c(C)c(CC2CCC(C)CC2)c(C)c1C. The fourth-order valence-corrected chi connectivity index (χ4v) is 3.71. The summed E-state index contributed by atoms with van der Waals surface area (Å²) in [5.74, 6) is 1.88. The van der Waals surface area contributed by atoms with Crippen molar-refractivity contribution in [3.63, 3.8) is 0 Å². The molecule has 0 atom stereocenters. The Labute approximate surface area is 119 Å². The van der Waals surface area contributed by atoms with Gasteiger partial charge in [0.15, 0.2) is 0 Å². The van der Waals surface area contributed by atoms with E-state index in [1.165, 1.54) is 48.8 Å². The maximum Gasteiger partial charge on any atom is -0.0245 e. The van der Waals surface area contributed by atoms with Crippen LogP contribution in [0.4, 0.5) is 0 Å². The smallest absolute Gasteiger partial charge is 0.0245 e. The molecule has 0 saturated heterocycles.